The molecule has 0 bridgehead atoms. The van der Waals surface area contributed by atoms with Gasteiger partial charge >= 0.3 is 0 Å². The number of non-ortho nitro benzene ring substituents is 1. The van der Waals surface area contributed by atoms with Gasteiger partial charge in [-0.15, -0.1) is 0 Å². The predicted octanol–water partition coefficient (Wildman–Crippen LogP) is 2.51. The molecule has 1 aliphatic rings. The number of nitrogens with zero attached hydrogens (tertiary/aromatic N) is 1. The van der Waals surface area contributed by atoms with E-state index in [1.807, 2.05) is 13.8 Å². The van der Waals surface area contributed by atoms with Gasteiger partial charge in [0.15, 0.2) is 0 Å². The van der Waals surface area contributed by atoms with Crippen LogP contribution in [-0.2, 0) is 11.2 Å². The highest BCUT2D eigenvalue weighted by Gasteiger charge is 2.36. The zero-order valence-electron chi connectivity index (χ0n) is 9.82. The van der Waals surface area contributed by atoms with E-state index in [-0.39, 0.29) is 11.6 Å². The van der Waals surface area contributed by atoms with Crippen molar-refractivity contribution in [2.75, 3.05) is 5.32 Å². The Morgan fingerprint density at radius 1 is 1.53 bits per heavy atom. The van der Waals surface area contributed by atoms with Crippen LogP contribution in [0.3, 0.4) is 0 Å². The number of carbonyl (C=O) groups excluding carboxylic acids is 1. The topological polar surface area (TPSA) is 72.2 Å². The van der Waals surface area contributed by atoms with Crippen molar-refractivity contribution < 1.29 is 9.72 Å². The summed E-state index contributed by atoms with van der Waals surface area (Å²) in [5.74, 6) is -0.0126. The number of fused-ring (bicyclic) bond motifs is 1. The molecule has 0 fully saturated rings. The number of hydrogen-bond acceptors (Lipinski definition) is 3. The van der Waals surface area contributed by atoms with E-state index in [2.05, 4.69) is 5.32 Å². The molecule has 0 saturated carbocycles. The van der Waals surface area contributed by atoms with Gasteiger partial charge < -0.3 is 5.32 Å². The van der Waals surface area contributed by atoms with Crippen molar-refractivity contribution in [1.82, 2.24) is 0 Å². The van der Waals surface area contributed by atoms with Gasteiger partial charge in [0.1, 0.15) is 0 Å². The van der Waals surface area contributed by atoms with Crippen LogP contribution in [-0.4, -0.2) is 10.8 Å². The van der Waals surface area contributed by atoms with Crippen LogP contribution in [0.1, 0.15) is 25.8 Å². The summed E-state index contributed by atoms with van der Waals surface area (Å²) < 4.78 is 0. The van der Waals surface area contributed by atoms with E-state index in [9.17, 15) is 14.9 Å². The second-order valence-corrected chi connectivity index (χ2v) is 4.64. The molecule has 2 rings (SSSR count). The van der Waals surface area contributed by atoms with Crippen LogP contribution in [0.4, 0.5) is 11.4 Å². The molecule has 1 aromatic rings. The maximum atomic E-state index is 11.9. The normalized spacial score (nSPS) is 22.8. The largest absolute Gasteiger partial charge is 0.325 e. The molecule has 0 saturated heterocycles. The summed E-state index contributed by atoms with van der Waals surface area (Å²) >= 11 is 0. The van der Waals surface area contributed by atoms with E-state index < -0.39 is 10.3 Å². The zero-order chi connectivity index (χ0) is 12.6. The van der Waals surface area contributed by atoms with E-state index in [1.54, 1.807) is 12.1 Å². The number of nitro groups is 1. The van der Waals surface area contributed by atoms with Gasteiger partial charge in [-0.1, -0.05) is 13.8 Å². The Kier molecular flexibility index (Phi) is 2.61. The van der Waals surface area contributed by atoms with Crippen LogP contribution in [0.25, 0.3) is 0 Å². The van der Waals surface area contributed by atoms with Gasteiger partial charge in [0, 0.05) is 17.8 Å². The quantitative estimate of drug-likeness (QED) is 0.631. The molecule has 1 heterocycles. The minimum absolute atomic E-state index is 0.0126. The van der Waals surface area contributed by atoms with Crippen LogP contribution in [0, 0.1) is 15.5 Å². The van der Waals surface area contributed by atoms with Crippen molar-refractivity contribution in [3.8, 4) is 0 Å². The Hall–Kier alpha value is -1.91. The van der Waals surface area contributed by atoms with Crippen LogP contribution in [0.5, 0.6) is 0 Å². The number of amides is 1. The molecule has 1 aliphatic heterocycles. The molecule has 1 amide bonds. The summed E-state index contributed by atoms with van der Waals surface area (Å²) in [5.41, 5.74) is 1.12. The van der Waals surface area contributed by atoms with Crippen LogP contribution >= 0.6 is 0 Å². The Bertz CT molecular complexity index is 499. The van der Waals surface area contributed by atoms with Gasteiger partial charge in [-0.3, -0.25) is 14.9 Å². The monoisotopic (exact) mass is 234 g/mol. The fraction of sp³-hybridized carbons (Fsp3) is 0.417. The highest BCUT2D eigenvalue weighted by Crippen LogP contribution is 2.37. The van der Waals surface area contributed by atoms with E-state index in [1.165, 1.54) is 6.07 Å². The van der Waals surface area contributed by atoms with Gasteiger partial charge in [0.25, 0.3) is 5.69 Å². The molecule has 0 spiro atoms. The lowest BCUT2D eigenvalue weighted by Crippen LogP contribution is -2.39. The second-order valence-electron chi connectivity index (χ2n) is 4.64. The highest BCUT2D eigenvalue weighted by atomic mass is 16.6. The highest BCUT2D eigenvalue weighted by molar-refractivity contribution is 5.98. The third kappa shape index (κ3) is 1.88. The maximum Gasteiger partial charge on any atom is 0.269 e. The van der Waals surface area contributed by atoms with E-state index in [0.717, 1.165) is 5.56 Å². The number of rotatable bonds is 2. The van der Waals surface area contributed by atoms with Crippen molar-refractivity contribution in [2.45, 2.75) is 26.7 Å². The minimum Gasteiger partial charge on any atom is -0.325 e. The average molecular weight is 234 g/mol. The van der Waals surface area contributed by atoms with Gasteiger partial charge in [-0.05, 0) is 24.5 Å². The number of hydrogen-bond donors (Lipinski definition) is 1. The fourth-order valence-corrected chi connectivity index (χ4v) is 2.02. The Balaban J connectivity index is 2.44. The molecular weight excluding hydrogens is 220 g/mol. The molecule has 1 aromatic carbocycles. The summed E-state index contributed by atoms with van der Waals surface area (Å²) in [6, 6.07) is 4.55. The Morgan fingerprint density at radius 3 is 2.82 bits per heavy atom. The van der Waals surface area contributed by atoms with Crippen molar-refractivity contribution in [2.24, 2.45) is 5.41 Å². The van der Waals surface area contributed by atoms with Crippen LogP contribution in [0.15, 0.2) is 18.2 Å². The first kappa shape index (κ1) is 11.6. The predicted molar refractivity (Wildman–Crippen MR) is 63.8 cm³/mol. The smallest absolute Gasteiger partial charge is 0.269 e. The van der Waals surface area contributed by atoms with E-state index >= 15 is 0 Å². The van der Waals surface area contributed by atoms with Crippen molar-refractivity contribution in [1.29, 1.82) is 0 Å². The lowest BCUT2D eigenvalue weighted by atomic mass is 9.77. The molecule has 0 radical (unpaired) electrons. The van der Waals surface area contributed by atoms with Gasteiger partial charge in [-0.25, -0.2) is 0 Å². The van der Waals surface area contributed by atoms with Crippen molar-refractivity contribution in [3.63, 3.8) is 0 Å². The number of anilines is 1. The summed E-state index contributed by atoms with van der Waals surface area (Å²) in [4.78, 5) is 22.2. The Morgan fingerprint density at radius 2 is 2.24 bits per heavy atom. The minimum atomic E-state index is -0.470. The zero-order valence-corrected chi connectivity index (χ0v) is 9.82. The molecule has 5 heteroatoms. The molecule has 1 unspecified atom stereocenters. The van der Waals surface area contributed by atoms with Gasteiger partial charge in [0.2, 0.25) is 5.91 Å². The second kappa shape index (κ2) is 3.84. The van der Waals surface area contributed by atoms with Crippen LogP contribution in [0.2, 0.25) is 0 Å². The maximum absolute atomic E-state index is 11.9. The molecule has 90 valence electrons. The van der Waals surface area contributed by atoms with Crippen LogP contribution < -0.4 is 5.32 Å². The van der Waals surface area contributed by atoms with Crippen molar-refractivity contribution in [3.05, 3.63) is 33.9 Å². The summed E-state index contributed by atoms with van der Waals surface area (Å²) in [7, 11) is 0. The number of nitrogens with one attached hydrogen (secondary N) is 1. The number of carbonyl (C=O) groups is 1. The fourth-order valence-electron chi connectivity index (χ4n) is 2.02. The molecular formula is C12H14N2O3. The average Bonchev–Trinajstić information content (AvgIpc) is 2.30. The summed E-state index contributed by atoms with van der Waals surface area (Å²) in [6.07, 6.45) is 1.26. The molecule has 0 aromatic heterocycles. The third-order valence-electron chi connectivity index (χ3n) is 3.46. The SMILES string of the molecule is CCC1(C)Cc2cc([N+](=O)[O-])ccc2NC1=O. The summed E-state index contributed by atoms with van der Waals surface area (Å²) in [6.45, 7) is 3.83. The Labute approximate surface area is 99.0 Å². The molecule has 0 aliphatic carbocycles. The van der Waals surface area contributed by atoms with Gasteiger partial charge in [-0.2, -0.15) is 0 Å². The lowest BCUT2D eigenvalue weighted by Gasteiger charge is -2.32. The summed E-state index contributed by atoms with van der Waals surface area (Å²) in [5, 5.41) is 13.5. The molecule has 1 atom stereocenters. The lowest BCUT2D eigenvalue weighted by molar-refractivity contribution is -0.384. The molecule has 5 nitrogen and oxygen atoms in total. The van der Waals surface area contributed by atoms with E-state index in [4.69, 9.17) is 0 Å². The molecule has 17 heavy (non-hydrogen) atoms. The standard InChI is InChI=1S/C12H14N2O3/c1-3-12(2)7-8-6-9(14(16)17)4-5-10(8)13-11(12)15/h4-6H,3,7H2,1-2H3,(H,13,15). The van der Waals surface area contributed by atoms with Gasteiger partial charge in [0.05, 0.1) is 10.3 Å². The van der Waals surface area contributed by atoms with Crippen molar-refractivity contribution >= 4 is 17.3 Å². The number of benzene rings is 1. The first-order chi connectivity index (χ1) is 7.96. The third-order valence-corrected chi connectivity index (χ3v) is 3.46. The number of nitro benzene ring substituents is 1. The molecule has 1 N–H and O–H groups in total. The first-order valence-corrected chi connectivity index (χ1v) is 5.55. The first-order valence-electron chi connectivity index (χ1n) is 5.55. The van der Waals surface area contributed by atoms with E-state index in [0.29, 0.717) is 18.5 Å².